The Bertz CT molecular complexity index is 429. The van der Waals surface area contributed by atoms with E-state index in [0.29, 0.717) is 6.61 Å². The molecule has 2 heterocycles. The minimum absolute atomic E-state index is 0.0874. The van der Waals surface area contributed by atoms with Gasteiger partial charge in [0.25, 0.3) is 0 Å². The first kappa shape index (κ1) is 13.4. The van der Waals surface area contributed by atoms with Crippen LogP contribution in [-0.4, -0.2) is 31.5 Å². The molecule has 4 heteroatoms. The average molecular weight is 327 g/mol. The zero-order valence-electron chi connectivity index (χ0n) is 10.9. The lowest BCUT2D eigenvalue weighted by Gasteiger charge is -2.37. The second-order valence-electron chi connectivity index (χ2n) is 5.35. The summed E-state index contributed by atoms with van der Waals surface area (Å²) in [5.41, 5.74) is 1.15. The molecule has 2 aliphatic rings. The first-order valence-corrected chi connectivity index (χ1v) is 7.95. The fourth-order valence-corrected chi connectivity index (χ4v) is 3.19. The highest BCUT2D eigenvalue weighted by Crippen LogP contribution is 2.34. The van der Waals surface area contributed by atoms with Crippen LogP contribution in [0.25, 0.3) is 0 Å². The van der Waals surface area contributed by atoms with E-state index in [4.69, 9.17) is 14.2 Å². The van der Waals surface area contributed by atoms with Crippen molar-refractivity contribution in [3.8, 4) is 5.75 Å². The third-order valence-electron chi connectivity index (χ3n) is 3.87. The molecule has 2 aliphatic heterocycles. The lowest BCUT2D eigenvalue weighted by molar-refractivity contribution is -0.112. The van der Waals surface area contributed by atoms with Crippen LogP contribution in [0.5, 0.6) is 5.75 Å². The molecule has 1 aromatic rings. The van der Waals surface area contributed by atoms with Gasteiger partial charge in [0, 0.05) is 31.2 Å². The number of ether oxygens (including phenoxy) is 3. The molecule has 104 valence electrons. The molecule has 2 fully saturated rings. The van der Waals surface area contributed by atoms with Crippen LogP contribution in [0.2, 0.25) is 0 Å². The van der Waals surface area contributed by atoms with Gasteiger partial charge >= 0.3 is 0 Å². The smallest absolute Gasteiger partial charge is 0.120 e. The summed E-state index contributed by atoms with van der Waals surface area (Å²) in [6.45, 7) is 2.30. The van der Waals surface area contributed by atoms with Crippen LogP contribution < -0.4 is 4.74 Å². The van der Waals surface area contributed by atoms with E-state index in [1.807, 2.05) is 12.1 Å². The molecule has 2 atom stereocenters. The number of hydrogen-bond donors (Lipinski definition) is 0. The predicted molar refractivity (Wildman–Crippen MR) is 76.8 cm³/mol. The maximum atomic E-state index is 6.13. The van der Waals surface area contributed by atoms with E-state index in [-0.39, 0.29) is 11.7 Å². The Hall–Kier alpha value is -0.580. The highest BCUT2D eigenvalue weighted by atomic mass is 79.9. The van der Waals surface area contributed by atoms with E-state index in [0.717, 1.165) is 43.6 Å². The third-order valence-corrected chi connectivity index (χ3v) is 4.52. The van der Waals surface area contributed by atoms with Crippen LogP contribution in [0.1, 0.15) is 24.8 Å². The number of hydrogen-bond acceptors (Lipinski definition) is 3. The number of rotatable bonds is 3. The van der Waals surface area contributed by atoms with Crippen molar-refractivity contribution in [2.45, 2.75) is 36.3 Å². The molecule has 2 unspecified atom stereocenters. The Balaban J connectivity index is 1.65. The summed E-state index contributed by atoms with van der Waals surface area (Å²) in [5.74, 6) is 0.956. The zero-order valence-corrected chi connectivity index (χ0v) is 12.5. The molecule has 0 radical (unpaired) electrons. The van der Waals surface area contributed by atoms with Gasteiger partial charge in [-0.15, -0.1) is 0 Å². The molecule has 2 saturated heterocycles. The first-order valence-electron chi connectivity index (χ1n) is 6.83. The van der Waals surface area contributed by atoms with Crippen LogP contribution >= 0.6 is 15.9 Å². The molecular weight excluding hydrogens is 308 g/mol. The van der Waals surface area contributed by atoms with Crippen molar-refractivity contribution in [3.05, 3.63) is 29.8 Å². The summed E-state index contributed by atoms with van der Waals surface area (Å²) in [4.78, 5) is 0. The van der Waals surface area contributed by atoms with Crippen molar-refractivity contribution in [1.82, 2.24) is 0 Å². The van der Waals surface area contributed by atoms with Gasteiger partial charge in [-0.1, -0.05) is 28.1 Å². The highest BCUT2D eigenvalue weighted by molar-refractivity contribution is 9.08. The molecule has 0 amide bonds. The Morgan fingerprint density at radius 1 is 1.37 bits per heavy atom. The van der Waals surface area contributed by atoms with Crippen molar-refractivity contribution in [1.29, 1.82) is 0 Å². The Labute approximate surface area is 122 Å². The van der Waals surface area contributed by atoms with E-state index >= 15 is 0 Å². The largest absolute Gasteiger partial charge is 0.490 e. The summed E-state index contributed by atoms with van der Waals surface area (Å²) in [6.07, 6.45) is 3.13. The van der Waals surface area contributed by atoms with E-state index in [2.05, 4.69) is 28.1 Å². The summed E-state index contributed by atoms with van der Waals surface area (Å²) < 4.78 is 17.5. The highest BCUT2D eigenvalue weighted by Gasteiger charge is 2.41. The monoisotopic (exact) mass is 326 g/mol. The molecule has 1 spiro atoms. The first-order chi connectivity index (χ1) is 9.30. The fourth-order valence-electron chi connectivity index (χ4n) is 2.84. The Morgan fingerprint density at radius 3 is 3.11 bits per heavy atom. The quantitative estimate of drug-likeness (QED) is 0.798. The van der Waals surface area contributed by atoms with Crippen LogP contribution in [0.4, 0.5) is 0 Å². The molecule has 0 N–H and O–H groups in total. The van der Waals surface area contributed by atoms with Gasteiger partial charge in [0.05, 0.1) is 18.8 Å². The molecule has 3 rings (SSSR count). The summed E-state index contributed by atoms with van der Waals surface area (Å²) >= 11 is 3.47. The van der Waals surface area contributed by atoms with Crippen molar-refractivity contribution in [3.63, 3.8) is 0 Å². The van der Waals surface area contributed by atoms with Gasteiger partial charge < -0.3 is 14.2 Å². The number of halogens is 1. The van der Waals surface area contributed by atoms with E-state index in [1.54, 1.807) is 0 Å². The second kappa shape index (κ2) is 5.81. The van der Waals surface area contributed by atoms with Crippen LogP contribution in [0.15, 0.2) is 24.3 Å². The van der Waals surface area contributed by atoms with Crippen LogP contribution in [0.3, 0.4) is 0 Å². The Morgan fingerprint density at radius 2 is 2.32 bits per heavy atom. The molecular formula is C15H19BrO3. The molecule has 19 heavy (non-hydrogen) atoms. The molecule has 1 aromatic carbocycles. The third kappa shape index (κ3) is 3.12. The average Bonchev–Trinajstić information content (AvgIpc) is 2.87. The lowest BCUT2D eigenvalue weighted by atomic mass is 9.91. The lowest BCUT2D eigenvalue weighted by Crippen LogP contribution is -2.44. The van der Waals surface area contributed by atoms with Gasteiger partial charge in [0.1, 0.15) is 11.9 Å². The van der Waals surface area contributed by atoms with Gasteiger partial charge in [0.2, 0.25) is 0 Å². The Kier molecular flexibility index (Phi) is 4.10. The number of benzene rings is 1. The zero-order chi connectivity index (χ0) is 13.1. The molecule has 0 aromatic heterocycles. The second-order valence-corrected chi connectivity index (χ2v) is 5.91. The van der Waals surface area contributed by atoms with Gasteiger partial charge in [-0.2, -0.15) is 0 Å². The molecule has 0 saturated carbocycles. The minimum Gasteiger partial charge on any atom is -0.490 e. The van der Waals surface area contributed by atoms with Crippen LogP contribution in [0, 0.1) is 0 Å². The number of alkyl halides is 1. The minimum atomic E-state index is -0.0874. The van der Waals surface area contributed by atoms with E-state index in [9.17, 15) is 0 Å². The van der Waals surface area contributed by atoms with Crippen molar-refractivity contribution < 1.29 is 14.2 Å². The fraction of sp³-hybridized carbons (Fsp3) is 0.600. The van der Waals surface area contributed by atoms with E-state index < -0.39 is 0 Å². The predicted octanol–water partition coefficient (Wildman–Crippen LogP) is 3.30. The SMILES string of the molecule is BrCc1cccc(OC2CCOC3(CCOC3)C2)c1. The molecule has 3 nitrogen and oxygen atoms in total. The van der Waals surface area contributed by atoms with Crippen molar-refractivity contribution in [2.24, 2.45) is 0 Å². The van der Waals surface area contributed by atoms with E-state index in [1.165, 1.54) is 5.56 Å². The molecule has 0 bridgehead atoms. The summed E-state index contributed by atoms with van der Waals surface area (Å²) in [6, 6.07) is 8.26. The summed E-state index contributed by atoms with van der Waals surface area (Å²) in [5, 5.41) is 0.857. The topological polar surface area (TPSA) is 27.7 Å². The van der Waals surface area contributed by atoms with Gasteiger partial charge in [0.15, 0.2) is 0 Å². The van der Waals surface area contributed by atoms with Crippen molar-refractivity contribution >= 4 is 15.9 Å². The normalized spacial score (nSPS) is 30.7. The maximum absolute atomic E-state index is 6.13. The van der Waals surface area contributed by atoms with Crippen LogP contribution in [-0.2, 0) is 14.8 Å². The van der Waals surface area contributed by atoms with Gasteiger partial charge in [-0.05, 0) is 17.7 Å². The van der Waals surface area contributed by atoms with Gasteiger partial charge in [-0.3, -0.25) is 0 Å². The van der Waals surface area contributed by atoms with Gasteiger partial charge in [-0.25, -0.2) is 0 Å². The summed E-state index contributed by atoms with van der Waals surface area (Å²) in [7, 11) is 0. The molecule has 0 aliphatic carbocycles. The standard InChI is InChI=1S/C15H19BrO3/c16-10-12-2-1-3-13(8-12)19-14-4-6-18-15(9-14)5-7-17-11-15/h1-3,8,14H,4-7,9-11H2. The van der Waals surface area contributed by atoms with Crippen molar-refractivity contribution in [2.75, 3.05) is 19.8 Å². The maximum Gasteiger partial charge on any atom is 0.120 e.